The summed E-state index contributed by atoms with van der Waals surface area (Å²) in [6.45, 7) is 1.92. The summed E-state index contributed by atoms with van der Waals surface area (Å²) in [4.78, 5) is 11.6. The number of Topliss-reactive ketones (excluding diaryl/α,β-unsaturated/α-hetero) is 1. The highest BCUT2D eigenvalue weighted by Gasteiger charge is 2.12. The zero-order valence-electron chi connectivity index (χ0n) is 17.6. The second kappa shape index (κ2) is 18.9. The summed E-state index contributed by atoms with van der Waals surface area (Å²) in [5.74, 6) is -0.385. The molecule has 0 saturated carbocycles. The van der Waals surface area contributed by atoms with Gasteiger partial charge < -0.3 is 5.73 Å². The summed E-state index contributed by atoms with van der Waals surface area (Å²) < 4.78 is 27.2. The molecule has 2 N–H and O–H groups in total. The Kier molecular flexibility index (Phi) is 18.6. The summed E-state index contributed by atoms with van der Waals surface area (Å²) in [6.07, 6.45) is 19.7. The quantitative estimate of drug-likeness (QED) is 0.211. The van der Waals surface area contributed by atoms with Crippen LogP contribution in [-0.4, -0.2) is 33.1 Å². The van der Waals surface area contributed by atoms with Gasteiger partial charge in [0.25, 0.3) is 10.1 Å². The van der Waals surface area contributed by atoms with E-state index in [1.807, 2.05) is 0 Å². The minimum Gasteiger partial charge on any atom is -0.329 e. The van der Waals surface area contributed by atoms with Crippen LogP contribution in [-0.2, 0) is 19.1 Å². The molecule has 0 saturated heterocycles. The van der Waals surface area contributed by atoms with Crippen LogP contribution in [0.3, 0.4) is 0 Å². The van der Waals surface area contributed by atoms with Gasteiger partial charge in [0.2, 0.25) is 0 Å². The van der Waals surface area contributed by atoms with E-state index in [1.54, 1.807) is 0 Å². The highest BCUT2D eigenvalue weighted by molar-refractivity contribution is 7.86. The van der Waals surface area contributed by atoms with E-state index in [-0.39, 0.29) is 24.7 Å². The number of rotatable bonds is 21. The molecule has 0 fully saturated rings. The Morgan fingerprint density at radius 3 is 1.56 bits per heavy atom. The van der Waals surface area contributed by atoms with Crippen molar-refractivity contribution >= 4 is 15.9 Å². The van der Waals surface area contributed by atoms with Crippen molar-refractivity contribution in [1.82, 2.24) is 0 Å². The van der Waals surface area contributed by atoms with Crippen molar-refractivity contribution in [3.63, 3.8) is 0 Å². The second-order valence-electron chi connectivity index (χ2n) is 7.55. The molecule has 0 aliphatic heterocycles. The summed E-state index contributed by atoms with van der Waals surface area (Å²) >= 11 is 0. The van der Waals surface area contributed by atoms with Crippen LogP contribution in [0.4, 0.5) is 0 Å². The standard InChI is InChI=1S/C21H43NO4S/c1-2-3-4-5-6-7-8-9-10-11-12-13-14-15-16-17-21(23)20-26-27(24,25)19-18-22/h2-20,22H2,1H3. The van der Waals surface area contributed by atoms with Gasteiger partial charge in [-0.2, -0.15) is 8.42 Å². The average molecular weight is 406 g/mol. The maximum absolute atomic E-state index is 11.6. The fourth-order valence-electron chi connectivity index (χ4n) is 3.12. The first kappa shape index (κ1) is 26.5. The monoisotopic (exact) mass is 405 g/mol. The molecule has 0 radical (unpaired) electrons. The Bertz CT molecular complexity index is 437. The molecule has 6 heteroatoms. The van der Waals surface area contributed by atoms with Gasteiger partial charge in [-0.3, -0.25) is 8.98 Å². The summed E-state index contributed by atoms with van der Waals surface area (Å²) in [6, 6.07) is 0. The van der Waals surface area contributed by atoms with E-state index in [0.717, 1.165) is 19.3 Å². The number of unbranched alkanes of at least 4 members (excludes halogenated alkanes) is 14. The van der Waals surface area contributed by atoms with Crippen LogP contribution in [0.5, 0.6) is 0 Å². The van der Waals surface area contributed by atoms with Gasteiger partial charge in [0.1, 0.15) is 6.61 Å². The van der Waals surface area contributed by atoms with E-state index in [0.29, 0.717) is 6.42 Å². The highest BCUT2D eigenvalue weighted by Crippen LogP contribution is 2.13. The fraction of sp³-hybridized carbons (Fsp3) is 0.952. The molecule has 0 aromatic carbocycles. The summed E-state index contributed by atoms with van der Waals surface area (Å²) in [5.41, 5.74) is 5.18. The van der Waals surface area contributed by atoms with Crippen LogP contribution in [0.1, 0.15) is 110 Å². The van der Waals surface area contributed by atoms with Crippen LogP contribution in [0.15, 0.2) is 0 Å². The van der Waals surface area contributed by atoms with E-state index in [4.69, 9.17) is 5.73 Å². The minimum absolute atomic E-state index is 0.00950. The lowest BCUT2D eigenvalue weighted by Gasteiger charge is -2.04. The molecule has 0 unspecified atom stereocenters. The topological polar surface area (TPSA) is 86.5 Å². The molecule has 0 atom stereocenters. The lowest BCUT2D eigenvalue weighted by molar-refractivity contribution is -0.121. The molecule has 5 nitrogen and oxygen atoms in total. The summed E-state index contributed by atoms with van der Waals surface area (Å²) in [5, 5.41) is 0. The lowest BCUT2D eigenvalue weighted by Crippen LogP contribution is -2.21. The SMILES string of the molecule is CCCCCCCCCCCCCCCCCC(=O)COS(=O)(=O)CCN. The molecular formula is C21H43NO4S. The largest absolute Gasteiger partial charge is 0.329 e. The zero-order chi connectivity index (χ0) is 20.2. The number of hydrogen-bond donors (Lipinski definition) is 1. The summed E-state index contributed by atoms with van der Waals surface area (Å²) in [7, 11) is -3.63. The molecule has 0 amide bonds. The lowest BCUT2D eigenvalue weighted by atomic mass is 10.0. The Labute approximate surface area is 167 Å². The Balaban J connectivity index is 3.27. The molecule has 0 aliphatic carbocycles. The number of carbonyl (C=O) groups excluding carboxylic acids is 1. The van der Waals surface area contributed by atoms with Crippen LogP contribution < -0.4 is 5.73 Å². The average Bonchev–Trinajstić information content (AvgIpc) is 2.63. The molecule has 0 bridgehead atoms. The third-order valence-electron chi connectivity index (χ3n) is 4.83. The smallest absolute Gasteiger partial charge is 0.268 e. The second-order valence-corrected chi connectivity index (χ2v) is 9.31. The Morgan fingerprint density at radius 2 is 1.15 bits per heavy atom. The molecule has 162 valence electrons. The van der Waals surface area contributed by atoms with Crippen molar-refractivity contribution in [1.29, 1.82) is 0 Å². The van der Waals surface area contributed by atoms with E-state index >= 15 is 0 Å². The first-order valence-corrected chi connectivity index (χ1v) is 12.7. The number of hydrogen-bond acceptors (Lipinski definition) is 5. The third kappa shape index (κ3) is 20.1. The van der Waals surface area contributed by atoms with E-state index in [1.165, 1.54) is 77.0 Å². The predicted molar refractivity (Wildman–Crippen MR) is 113 cm³/mol. The van der Waals surface area contributed by atoms with E-state index in [2.05, 4.69) is 11.1 Å². The number of nitrogens with two attached hydrogens (primary N) is 1. The minimum atomic E-state index is -3.63. The van der Waals surface area contributed by atoms with Crippen LogP contribution in [0.2, 0.25) is 0 Å². The maximum atomic E-state index is 11.6. The van der Waals surface area contributed by atoms with Gasteiger partial charge in [0.15, 0.2) is 5.78 Å². The molecule has 0 aromatic heterocycles. The van der Waals surface area contributed by atoms with Crippen molar-refractivity contribution in [3.05, 3.63) is 0 Å². The van der Waals surface area contributed by atoms with Crippen LogP contribution >= 0.6 is 0 Å². The molecule has 0 aromatic rings. The normalized spacial score (nSPS) is 11.8. The van der Waals surface area contributed by atoms with Gasteiger partial charge in [-0.1, -0.05) is 96.8 Å². The van der Waals surface area contributed by atoms with Crippen molar-refractivity contribution in [2.45, 2.75) is 110 Å². The van der Waals surface area contributed by atoms with Gasteiger partial charge in [0.05, 0.1) is 5.75 Å². The van der Waals surface area contributed by atoms with Gasteiger partial charge in [-0.25, -0.2) is 0 Å². The third-order valence-corrected chi connectivity index (χ3v) is 6.04. The van der Waals surface area contributed by atoms with Crippen molar-refractivity contribution < 1.29 is 17.4 Å². The van der Waals surface area contributed by atoms with Gasteiger partial charge in [0, 0.05) is 13.0 Å². The first-order valence-electron chi connectivity index (χ1n) is 11.1. The van der Waals surface area contributed by atoms with Crippen LogP contribution in [0.25, 0.3) is 0 Å². The van der Waals surface area contributed by atoms with Crippen molar-refractivity contribution in [2.75, 3.05) is 18.9 Å². The predicted octanol–water partition coefficient (Wildman–Crippen LogP) is 5.12. The Hall–Kier alpha value is -0.460. The number of carbonyl (C=O) groups is 1. The van der Waals surface area contributed by atoms with E-state index in [9.17, 15) is 13.2 Å². The highest BCUT2D eigenvalue weighted by atomic mass is 32.2. The van der Waals surface area contributed by atoms with Gasteiger partial charge >= 0.3 is 0 Å². The van der Waals surface area contributed by atoms with Gasteiger partial charge in [-0.15, -0.1) is 0 Å². The molecular weight excluding hydrogens is 362 g/mol. The van der Waals surface area contributed by atoms with Crippen molar-refractivity contribution in [2.24, 2.45) is 5.73 Å². The first-order chi connectivity index (χ1) is 13.0. The molecule has 0 rings (SSSR count). The zero-order valence-corrected chi connectivity index (χ0v) is 18.4. The van der Waals surface area contributed by atoms with Crippen LogP contribution in [0, 0.1) is 0 Å². The Morgan fingerprint density at radius 1 is 0.741 bits per heavy atom. The maximum Gasteiger partial charge on any atom is 0.268 e. The molecule has 0 heterocycles. The molecule has 0 aliphatic rings. The fourth-order valence-corrected chi connectivity index (χ4v) is 3.84. The van der Waals surface area contributed by atoms with Crippen molar-refractivity contribution in [3.8, 4) is 0 Å². The molecule has 0 spiro atoms. The molecule has 27 heavy (non-hydrogen) atoms. The number of ketones is 1. The van der Waals surface area contributed by atoms with E-state index < -0.39 is 10.1 Å². The van der Waals surface area contributed by atoms with Gasteiger partial charge in [-0.05, 0) is 6.42 Å².